The molecule has 0 aliphatic carbocycles. The lowest BCUT2D eigenvalue weighted by Gasteiger charge is -2.35. The van der Waals surface area contributed by atoms with E-state index in [2.05, 4.69) is 49.0 Å². The van der Waals surface area contributed by atoms with E-state index in [-0.39, 0.29) is 24.0 Å². The van der Waals surface area contributed by atoms with Crippen LogP contribution in [0, 0.1) is 0 Å². The highest BCUT2D eigenvalue weighted by atomic mass is 127. The highest BCUT2D eigenvalue weighted by Gasteiger charge is 2.19. The van der Waals surface area contributed by atoms with Crippen molar-refractivity contribution in [3.05, 3.63) is 60.4 Å². The standard InChI is InChI=1S/C21H24N6O.HI/c1-28-19-6-5-17-13-16(3-4-18(17)14-19)15-25-20(22)26-9-11-27(12-10-26)21-23-7-2-8-24-21;/h2-8,13-14H,9-12,15H2,1H3,(H2,22,25);1H. The van der Waals surface area contributed by atoms with Crippen molar-refractivity contribution in [2.75, 3.05) is 38.2 Å². The molecule has 2 heterocycles. The third kappa shape index (κ3) is 5.06. The minimum Gasteiger partial charge on any atom is -0.497 e. The summed E-state index contributed by atoms with van der Waals surface area (Å²) in [5.74, 6) is 2.22. The Morgan fingerprint density at radius 1 is 1.03 bits per heavy atom. The number of aromatic nitrogens is 2. The lowest BCUT2D eigenvalue weighted by molar-refractivity contribution is 0.378. The summed E-state index contributed by atoms with van der Waals surface area (Å²) in [5.41, 5.74) is 7.38. The maximum Gasteiger partial charge on any atom is 0.225 e. The van der Waals surface area contributed by atoms with Gasteiger partial charge in [0.05, 0.1) is 13.7 Å². The second-order valence-electron chi connectivity index (χ2n) is 6.74. The average molecular weight is 504 g/mol. The Hall–Kier alpha value is -2.62. The smallest absolute Gasteiger partial charge is 0.225 e. The van der Waals surface area contributed by atoms with Crippen LogP contribution in [0.25, 0.3) is 10.8 Å². The van der Waals surface area contributed by atoms with Gasteiger partial charge in [0.15, 0.2) is 5.96 Å². The van der Waals surface area contributed by atoms with Crippen molar-refractivity contribution in [3.63, 3.8) is 0 Å². The van der Waals surface area contributed by atoms with Gasteiger partial charge in [0.25, 0.3) is 0 Å². The number of methoxy groups -OCH3 is 1. The number of benzene rings is 2. The number of ether oxygens (including phenoxy) is 1. The summed E-state index contributed by atoms with van der Waals surface area (Å²) < 4.78 is 5.28. The Bertz CT molecular complexity index is 973. The van der Waals surface area contributed by atoms with Crippen molar-refractivity contribution in [1.82, 2.24) is 14.9 Å². The second kappa shape index (κ2) is 9.73. The van der Waals surface area contributed by atoms with Gasteiger partial charge in [-0.05, 0) is 40.6 Å². The van der Waals surface area contributed by atoms with Crippen molar-refractivity contribution in [2.24, 2.45) is 10.7 Å². The van der Waals surface area contributed by atoms with E-state index >= 15 is 0 Å². The third-order valence-electron chi connectivity index (χ3n) is 4.97. The van der Waals surface area contributed by atoms with Gasteiger partial charge in [-0.3, -0.25) is 0 Å². The van der Waals surface area contributed by atoms with Crippen molar-refractivity contribution in [3.8, 4) is 5.75 Å². The van der Waals surface area contributed by atoms with Gasteiger partial charge in [-0.15, -0.1) is 24.0 Å². The van der Waals surface area contributed by atoms with Gasteiger partial charge in [0, 0.05) is 38.6 Å². The van der Waals surface area contributed by atoms with Crippen LogP contribution in [0.1, 0.15) is 5.56 Å². The molecule has 1 aromatic heterocycles. The molecule has 0 saturated carbocycles. The van der Waals surface area contributed by atoms with Gasteiger partial charge in [0.1, 0.15) is 5.75 Å². The molecule has 1 saturated heterocycles. The van der Waals surface area contributed by atoms with Crippen LogP contribution in [-0.4, -0.2) is 54.1 Å². The van der Waals surface area contributed by atoms with Crippen LogP contribution in [0.2, 0.25) is 0 Å². The number of hydrogen-bond donors (Lipinski definition) is 1. The van der Waals surface area contributed by atoms with E-state index in [4.69, 9.17) is 10.5 Å². The fourth-order valence-electron chi connectivity index (χ4n) is 3.36. The average Bonchev–Trinajstić information content (AvgIpc) is 2.77. The molecule has 0 atom stereocenters. The van der Waals surface area contributed by atoms with Gasteiger partial charge in [-0.1, -0.05) is 18.2 Å². The summed E-state index contributed by atoms with van der Waals surface area (Å²) >= 11 is 0. The molecule has 7 nitrogen and oxygen atoms in total. The highest BCUT2D eigenvalue weighted by molar-refractivity contribution is 14.0. The minimum atomic E-state index is 0. The van der Waals surface area contributed by atoms with Crippen LogP contribution in [-0.2, 0) is 6.54 Å². The number of aliphatic imine (C=N–C) groups is 1. The van der Waals surface area contributed by atoms with Gasteiger partial charge >= 0.3 is 0 Å². The van der Waals surface area contributed by atoms with Gasteiger partial charge < -0.3 is 20.3 Å². The van der Waals surface area contributed by atoms with Crippen LogP contribution in [0.4, 0.5) is 5.95 Å². The van der Waals surface area contributed by atoms with Crippen LogP contribution in [0.15, 0.2) is 59.9 Å². The van der Waals surface area contributed by atoms with E-state index in [0.29, 0.717) is 12.5 Å². The number of guanidine groups is 1. The normalized spacial score (nSPS) is 14.6. The second-order valence-corrected chi connectivity index (χ2v) is 6.74. The van der Waals surface area contributed by atoms with Gasteiger partial charge in [-0.2, -0.15) is 0 Å². The molecule has 1 aliphatic heterocycles. The predicted octanol–water partition coefficient (Wildman–Crippen LogP) is 2.89. The summed E-state index contributed by atoms with van der Waals surface area (Å²) in [7, 11) is 1.68. The number of fused-ring (bicyclic) bond motifs is 1. The van der Waals surface area contributed by atoms with Gasteiger partial charge in [0.2, 0.25) is 5.95 Å². The predicted molar refractivity (Wildman–Crippen MR) is 127 cm³/mol. The molecule has 3 aromatic rings. The van der Waals surface area contributed by atoms with Crippen LogP contribution >= 0.6 is 24.0 Å². The third-order valence-corrected chi connectivity index (χ3v) is 4.97. The van der Waals surface area contributed by atoms with E-state index in [1.54, 1.807) is 19.5 Å². The zero-order valence-corrected chi connectivity index (χ0v) is 18.7. The number of anilines is 1. The summed E-state index contributed by atoms with van der Waals surface area (Å²) in [6.07, 6.45) is 3.54. The zero-order valence-electron chi connectivity index (χ0n) is 16.4. The molecule has 0 unspecified atom stereocenters. The Kier molecular flexibility index (Phi) is 7.08. The molecule has 152 valence electrons. The molecule has 1 fully saturated rings. The topological polar surface area (TPSA) is 79.9 Å². The maximum absolute atomic E-state index is 6.24. The first kappa shape index (κ1) is 21.1. The molecule has 1 aliphatic rings. The zero-order chi connectivity index (χ0) is 19.3. The molecule has 2 N–H and O–H groups in total. The fourth-order valence-corrected chi connectivity index (χ4v) is 3.36. The molecule has 0 bridgehead atoms. The van der Waals surface area contributed by atoms with Crippen molar-refractivity contribution in [2.45, 2.75) is 6.54 Å². The van der Waals surface area contributed by atoms with E-state index < -0.39 is 0 Å². The number of nitrogens with zero attached hydrogens (tertiary/aromatic N) is 5. The first-order chi connectivity index (χ1) is 13.7. The summed E-state index contributed by atoms with van der Waals surface area (Å²) in [5, 5.41) is 2.32. The monoisotopic (exact) mass is 504 g/mol. The van der Waals surface area contributed by atoms with E-state index in [9.17, 15) is 0 Å². The SMILES string of the molecule is COc1ccc2cc(CN=C(N)N3CCN(c4ncccn4)CC3)ccc2c1.I. The Morgan fingerprint density at radius 2 is 1.72 bits per heavy atom. The number of hydrogen-bond acceptors (Lipinski definition) is 5. The molecular weight excluding hydrogens is 479 g/mol. The lowest BCUT2D eigenvalue weighted by atomic mass is 10.1. The van der Waals surface area contributed by atoms with Gasteiger partial charge in [-0.25, -0.2) is 15.0 Å². The van der Waals surface area contributed by atoms with Crippen LogP contribution in [0.3, 0.4) is 0 Å². The summed E-state index contributed by atoms with van der Waals surface area (Å²) in [6, 6.07) is 14.2. The number of nitrogens with two attached hydrogens (primary N) is 1. The minimum absolute atomic E-state index is 0. The Morgan fingerprint density at radius 3 is 2.45 bits per heavy atom. The Labute approximate surface area is 187 Å². The molecule has 8 heteroatoms. The number of rotatable bonds is 4. The van der Waals surface area contributed by atoms with Crippen molar-refractivity contribution in [1.29, 1.82) is 0 Å². The van der Waals surface area contributed by atoms with Crippen molar-refractivity contribution < 1.29 is 4.74 Å². The number of piperazine rings is 1. The Balaban J connectivity index is 0.00000240. The molecule has 4 rings (SSSR count). The first-order valence-electron chi connectivity index (χ1n) is 9.36. The lowest BCUT2D eigenvalue weighted by Crippen LogP contribution is -2.51. The van der Waals surface area contributed by atoms with E-state index in [0.717, 1.165) is 48.8 Å². The molecule has 2 aromatic carbocycles. The van der Waals surface area contributed by atoms with E-state index in [1.807, 2.05) is 18.2 Å². The van der Waals surface area contributed by atoms with E-state index in [1.165, 1.54) is 5.39 Å². The molecule has 0 radical (unpaired) electrons. The molecule has 0 spiro atoms. The summed E-state index contributed by atoms with van der Waals surface area (Å²) in [6.45, 7) is 3.85. The molecule has 29 heavy (non-hydrogen) atoms. The molecule has 0 amide bonds. The summed E-state index contributed by atoms with van der Waals surface area (Å²) in [4.78, 5) is 17.5. The van der Waals surface area contributed by atoms with Crippen LogP contribution < -0.4 is 15.4 Å². The molecular formula is C21H25IN6O. The largest absolute Gasteiger partial charge is 0.497 e. The number of halogens is 1. The fraction of sp³-hybridized carbons (Fsp3) is 0.286. The quantitative estimate of drug-likeness (QED) is 0.335. The van der Waals surface area contributed by atoms with Crippen LogP contribution in [0.5, 0.6) is 5.75 Å². The van der Waals surface area contributed by atoms with Crippen molar-refractivity contribution >= 4 is 46.7 Å². The first-order valence-corrected chi connectivity index (χ1v) is 9.36. The highest BCUT2D eigenvalue weighted by Crippen LogP contribution is 2.22. The maximum atomic E-state index is 6.24.